The lowest BCUT2D eigenvalue weighted by Gasteiger charge is -2.51. The Balaban J connectivity index is 1.64. The van der Waals surface area contributed by atoms with Crippen LogP contribution in [0.1, 0.15) is 64.7 Å². The highest BCUT2D eigenvalue weighted by molar-refractivity contribution is 5.27. The zero-order valence-electron chi connectivity index (χ0n) is 12.6. The Kier molecular flexibility index (Phi) is 3.05. The van der Waals surface area contributed by atoms with Gasteiger partial charge in [0.2, 0.25) is 0 Å². The van der Waals surface area contributed by atoms with Crippen LogP contribution in [0.4, 0.5) is 0 Å². The minimum Gasteiger partial charge on any atom is -0.393 e. The van der Waals surface area contributed by atoms with Gasteiger partial charge in [0, 0.05) is 0 Å². The quantitative estimate of drug-likeness (QED) is 0.666. The van der Waals surface area contributed by atoms with Gasteiger partial charge in [-0.05, 0) is 81.0 Å². The van der Waals surface area contributed by atoms with Gasteiger partial charge in [-0.1, -0.05) is 18.1 Å². The summed E-state index contributed by atoms with van der Waals surface area (Å²) in [7, 11) is 0. The molecule has 4 aliphatic rings. The number of aliphatic hydroxyl groups excluding tert-OH is 2. The van der Waals surface area contributed by atoms with Gasteiger partial charge in [-0.15, -0.1) is 0 Å². The minimum atomic E-state index is -0.0764. The summed E-state index contributed by atoms with van der Waals surface area (Å²) in [6.45, 7) is 2.35. The maximum absolute atomic E-state index is 10.4. The molecule has 0 aromatic heterocycles. The minimum absolute atomic E-state index is 0.0583. The van der Waals surface area contributed by atoms with Crippen LogP contribution < -0.4 is 0 Å². The predicted molar refractivity (Wildman–Crippen MR) is 79.2 cm³/mol. The molecule has 0 bridgehead atoms. The zero-order valence-corrected chi connectivity index (χ0v) is 12.6. The summed E-state index contributed by atoms with van der Waals surface area (Å²) in [4.78, 5) is 0. The van der Waals surface area contributed by atoms with E-state index in [1.165, 1.54) is 32.1 Å². The second kappa shape index (κ2) is 4.58. The van der Waals surface area contributed by atoms with Crippen molar-refractivity contribution in [3.05, 3.63) is 11.1 Å². The summed E-state index contributed by atoms with van der Waals surface area (Å²) < 4.78 is 0. The summed E-state index contributed by atoms with van der Waals surface area (Å²) in [5, 5.41) is 20.3. The third-order valence-corrected chi connectivity index (χ3v) is 7.30. The molecule has 0 aromatic rings. The van der Waals surface area contributed by atoms with Crippen LogP contribution in [0.2, 0.25) is 0 Å². The summed E-state index contributed by atoms with van der Waals surface area (Å²) in [5.74, 6) is 2.35. The first-order valence-corrected chi connectivity index (χ1v) is 8.66. The number of fused-ring (bicyclic) bond motifs is 4. The molecule has 0 aliphatic heterocycles. The molecule has 2 saturated carbocycles. The number of rotatable bonds is 0. The Bertz CT molecular complexity index is 441. The van der Waals surface area contributed by atoms with Gasteiger partial charge in [0.05, 0.1) is 12.2 Å². The first-order valence-electron chi connectivity index (χ1n) is 8.66. The fraction of sp³-hybridized carbons (Fsp3) is 0.889. The van der Waals surface area contributed by atoms with Crippen LogP contribution in [0.15, 0.2) is 11.1 Å². The van der Waals surface area contributed by atoms with Crippen LogP contribution in [-0.4, -0.2) is 22.4 Å². The van der Waals surface area contributed by atoms with Crippen molar-refractivity contribution in [3.63, 3.8) is 0 Å². The lowest BCUT2D eigenvalue weighted by atomic mass is 9.54. The number of hydrogen-bond acceptors (Lipinski definition) is 2. The maximum atomic E-state index is 10.4. The van der Waals surface area contributed by atoms with E-state index < -0.39 is 0 Å². The molecular weight excluding hydrogens is 248 g/mol. The molecule has 0 radical (unpaired) electrons. The fourth-order valence-electron chi connectivity index (χ4n) is 6.16. The molecule has 0 saturated heterocycles. The average Bonchev–Trinajstić information content (AvgIpc) is 2.74. The van der Waals surface area contributed by atoms with Crippen molar-refractivity contribution in [2.75, 3.05) is 0 Å². The summed E-state index contributed by atoms with van der Waals surface area (Å²) in [5.41, 5.74) is 3.54. The van der Waals surface area contributed by atoms with E-state index in [1.807, 2.05) is 0 Å². The van der Waals surface area contributed by atoms with Crippen LogP contribution in [0, 0.1) is 23.2 Å². The maximum Gasteiger partial charge on any atom is 0.0596 e. The van der Waals surface area contributed by atoms with Crippen molar-refractivity contribution in [3.8, 4) is 0 Å². The molecule has 2 N–H and O–H groups in total. The van der Waals surface area contributed by atoms with Crippen molar-refractivity contribution in [1.29, 1.82) is 0 Å². The number of aliphatic hydroxyl groups is 2. The Morgan fingerprint density at radius 2 is 1.85 bits per heavy atom. The topological polar surface area (TPSA) is 40.5 Å². The molecule has 2 nitrogen and oxygen atoms in total. The Labute approximate surface area is 122 Å². The fourth-order valence-corrected chi connectivity index (χ4v) is 6.16. The van der Waals surface area contributed by atoms with Gasteiger partial charge in [0.1, 0.15) is 0 Å². The molecule has 2 heteroatoms. The van der Waals surface area contributed by atoms with Crippen molar-refractivity contribution in [2.24, 2.45) is 23.2 Å². The largest absolute Gasteiger partial charge is 0.393 e. The highest BCUT2D eigenvalue weighted by Gasteiger charge is 2.54. The normalized spacial score (nSPS) is 51.5. The van der Waals surface area contributed by atoms with Crippen molar-refractivity contribution in [1.82, 2.24) is 0 Å². The van der Waals surface area contributed by atoms with E-state index in [1.54, 1.807) is 11.1 Å². The van der Waals surface area contributed by atoms with E-state index in [0.717, 1.165) is 43.4 Å². The van der Waals surface area contributed by atoms with Gasteiger partial charge >= 0.3 is 0 Å². The summed E-state index contributed by atoms with van der Waals surface area (Å²) in [6, 6.07) is 0. The molecule has 0 heterocycles. The van der Waals surface area contributed by atoms with E-state index in [0.29, 0.717) is 0 Å². The third-order valence-electron chi connectivity index (χ3n) is 7.30. The standard InChI is InChI=1S/C18H28O2/c1-18-9-8-14-13-5-3-12(19)10-11(13)2-4-15(14)16(18)6-7-17(18)20/h12,14-17,19-20H,2-10H2,1H3/t12?,14?,15?,16?,17-,18-/m0/s1. The van der Waals surface area contributed by atoms with Gasteiger partial charge in [-0.25, -0.2) is 0 Å². The Morgan fingerprint density at radius 3 is 2.70 bits per heavy atom. The van der Waals surface area contributed by atoms with Crippen LogP contribution in [0.3, 0.4) is 0 Å². The molecule has 0 spiro atoms. The second-order valence-corrected chi connectivity index (χ2v) is 8.08. The molecule has 6 atom stereocenters. The second-order valence-electron chi connectivity index (χ2n) is 8.08. The monoisotopic (exact) mass is 276 g/mol. The molecule has 0 amide bonds. The first-order chi connectivity index (χ1) is 9.59. The lowest BCUT2D eigenvalue weighted by Crippen LogP contribution is -2.45. The summed E-state index contributed by atoms with van der Waals surface area (Å²) in [6.07, 6.45) is 10.2. The van der Waals surface area contributed by atoms with Crippen LogP contribution in [-0.2, 0) is 0 Å². The van der Waals surface area contributed by atoms with Crippen LogP contribution >= 0.6 is 0 Å². The highest BCUT2D eigenvalue weighted by Crippen LogP contribution is 2.61. The van der Waals surface area contributed by atoms with Crippen LogP contribution in [0.25, 0.3) is 0 Å². The molecule has 2 fully saturated rings. The van der Waals surface area contributed by atoms with Gasteiger partial charge in [-0.2, -0.15) is 0 Å². The van der Waals surface area contributed by atoms with Gasteiger partial charge in [-0.3, -0.25) is 0 Å². The predicted octanol–water partition coefficient (Wildman–Crippen LogP) is 3.43. The number of hydrogen-bond donors (Lipinski definition) is 2. The lowest BCUT2D eigenvalue weighted by molar-refractivity contribution is -0.0326. The highest BCUT2D eigenvalue weighted by atomic mass is 16.3. The number of allylic oxidation sites excluding steroid dienone is 1. The van der Waals surface area contributed by atoms with Crippen molar-refractivity contribution in [2.45, 2.75) is 76.9 Å². The van der Waals surface area contributed by atoms with E-state index >= 15 is 0 Å². The first kappa shape index (κ1) is 13.3. The third kappa shape index (κ3) is 1.77. The van der Waals surface area contributed by atoms with E-state index in [2.05, 4.69) is 6.92 Å². The van der Waals surface area contributed by atoms with E-state index in [-0.39, 0.29) is 17.6 Å². The van der Waals surface area contributed by atoms with E-state index in [4.69, 9.17) is 0 Å². The van der Waals surface area contributed by atoms with Gasteiger partial charge in [0.25, 0.3) is 0 Å². The molecule has 4 rings (SSSR count). The van der Waals surface area contributed by atoms with Gasteiger partial charge < -0.3 is 10.2 Å². The molecule has 4 aliphatic carbocycles. The molecule has 112 valence electrons. The average molecular weight is 276 g/mol. The van der Waals surface area contributed by atoms with Crippen LogP contribution in [0.5, 0.6) is 0 Å². The van der Waals surface area contributed by atoms with Gasteiger partial charge in [0.15, 0.2) is 0 Å². The smallest absolute Gasteiger partial charge is 0.0596 e. The SMILES string of the molecule is C[C@]12CCC3C4=C(CCC3C1CC[C@@H]2O)CC(O)CC4. The molecule has 4 unspecified atom stereocenters. The molecular formula is C18H28O2. The Hall–Kier alpha value is -0.340. The van der Waals surface area contributed by atoms with Crippen molar-refractivity contribution >= 4 is 0 Å². The summed E-state index contributed by atoms with van der Waals surface area (Å²) >= 11 is 0. The van der Waals surface area contributed by atoms with Crippen molar-refractivity contribution < 1.29 is 10.2 Å². The molecule has 0 aromatic carbocycles. The Morgan fingerprint density at radius 1 is 1.00 bits per heavy atom. The zero-order chi connectivity index (χ0) is 13.9. The van der Waals surface area contributed by atoms with E-state index in [9.17, 15) is 10.2 Å². The molecule has 20 heavy (non-hydrogen) atoms.